The SMILES string of the molecule is COC(=O)C(Nc1ccccc1Cl)c1ccccc1C. The summed E-state index contributed by atoms with van der Waals surface area (Å²) in [6, 6.07) is 14.4. The number of ether oxygens (including phenoxy) is 1. The Morgan fingerprint density at radius 2 is 1.80 bits per heavy atom. The molecule has 0 radical (unpaired) electrons. The first kappa shape index (κ1) is 14.4. The summed E-state index contributed by atoms with van der Waals surface area (Å²) in [6.07, 6.45) is 0. The van der Waals surface area contributed by atoms with Crippen LogP contribution in [-0.4, -0.2) is 13.1 Å². The van der Waals surface area contributed by atoms with Crippen molar-refractivity contribution in [3.63, 3.8) is 0 Å². The highest BCUT2D eigenvalue weighted by Gasteiger charge is 2.23. The van der Waals surface area contributed by atoms with Gasteiger partial charge in [0.15, 0.2) is 6.04 Å². The Morgan fingerprint density at radius 3 is 2.45 bits per heavy atom. The molecule has 1 unspecified atom stereocenters. The Labute approximate surface area is 123 Å². The molecule has 20 heavy (non-hydrogen) atoms. The molecule has 2 rings (SSSR count). The Kier molecular flexibility index (Phi) is 4.64. The van der Waals surface area contributed by atoms with Crippen LogP contribution < -0.4 is 5.32 Å². The van der Waals surface area contributed by atoms with Gasteiger partial charge in [0.2, 0.25) is 0 Å². The number of carbonyl (C=O) groups is 1. The number of nitrogens with one attached hydrogen (secondary N) is 1. The van der Waals surface area contributed by atoms with Crippen LogP contribution in [-0.2, 0) is 9.53 Å². The van der Waals surface area contributed by atoms with Crippen molar-refractivity contribution in [2.75, 3.05) is 12.4 Å². The zero-order chi connectivity index (χ0) is 14.5. The van der Waals surface area contributed by atoms with Crippen LogP contribution in [0, 0.1) is 6.92 Å². The van der Waals surface area contributed by atoms with Crippen LogP contribution >= 0.6 is 11.6 Å². The van der Waals surface area contributed by atoms with Crippen LogP contribution in [0.15, 0.2) is 48.5 Å². The lowest BCUT2D eigenvalue weighted by atomic mass is 10.0. The Bertz CT molecular complexity index is 613. The van der Waals surface area contributed by atoms with Crippen LogP contribution in [0.4, 0.5) is 5.69 Å². The molecule has 1 atom stereocenters. The summed E-state index contributed by atoms with van der Waals surface area (Å²) >= 11 is 6.13. The summed E-state index contributed by atoms with van der Waals surface area (Å²) in [5.74, 6) is -0.348. The van der Waals surface area contributed by atoms with E-state index in [4.69, 9.17) is 16.3 Å². The number of halogens is 1. The molecule has 2 aromatic rings. The van der Waals surface area contributed by atoms with E-state index in [0.29, 0.717) is 10.7 Å². The molecule has 0 bridgehead atoms. The summed E-state index contributed by atoms with van der Waals surface area (Å²) in [6.45, 7) is 1.96. The van der Waals surface area contributed by atoms with E-state index in [1.165, 1.54) is 7.11 Å². The minimum absolute atomic E-state index is 0.348. The smallest absolute Gasteiger partial charge is 0.332 e. The van der Waals surface area contributed by atoms with Crippen LogP contribution in [0.2, 0.25) is 5.02 Å². The first-order chi connectivity index (χ1) is 9.63. The summed E-state index contributed by atoms with van der Waals surface area (Å²) in [5.41, 5.74) is 2.59. The number of esters is 1. The molecular formula is C16H16ClNO2. The van der Waals surface area contributed by atoms with Gasteiger partial charge in [-0.2, -0.15) is 0 Å². The van der Waals surface area contributed by atoms with Crippen molar-refractivity contribution in [3.05, 3.63) is 64.7 Å². The van der Waals surface area contributed by atoms with Gasteiger partial charge >= 0.3 is 5.97 Å². The molecule has 0 aliphatic rings. The van der Waals surface area contributed by atoms with Crippen molar-refractivity contribution in [2.45, 2.75) is 13.0 Å². The van der Waals surface area contributed by atoms with E-state index >= 15 is 0 Å². The second-order valence-corrected chi connectivity index (χ2v) is 4.84. The predicted molar refractivity (Wildman–Crippen MR) is 81.0 cm³/mol. The Hall–Kier alpha value is -2.00. The standard InChI is InChI=1S/C16H16ClNO2/c1-11-7-3-4-8-12(11)15(16(19)20-2)18-14-10-6-5-9-13(14)17/h3-10,15,18H,1-2H3. The maximum Gasteiger partial charge on any atom is 0.332 e. The van der Waals surface area contributed by atoms with Crippen LogP contribution in [0.3, 0.4) is 0 Å². The second kappa shape index (κ2) is 6.44. The molecule has 0 aliphatic heterocycles. The molecule has 3 nitrogen and oxygen atoms in total. The van der Waals surface area contributed by atoms with Crippen LogP contribution in [0.5, 0.6) is 0 Å². The summed E-state index contributed by atoms with van der Waals surface area (Å²) in [7, 11) is 1.38. The van der Waals surface area contributed by atoms with Gasteiger partial charge in [-0.1, -0.05) is 48.0 Å². The molecule has 4 heteroatoms. The van der Waals surface area contributed by atoms with Gasteiger partial charge in [-0.05, 0) is 30.2 Å². The van der Waals surface area contributed by atoms with Crippen molar-refractivity contribution in [1.29, 1.82) is 0 Å². The molecule has 0 saturated heterocycles. The molecule has 2 aromatic carbocycles. The lowest BCUT2D eigenvalue weighted by Crippen LogP contribution is -2.23. The topological polar surface area (TPSA) is 38.3 Å². The highest BCUT2D eigenvalue weighted by molar-refractivity contribution is 6.33. The maximum atomic E-state index is 12.1. The first-order valence-corrected chi connectivity index (χ1v) is 6.65. The number of hydrogen-bond acceptors (Lipinski definition) is 3. The molecular weight excluding hydrogens is 274 g/mol. The highest BCUT2D eigenvalue weighted by atomic mass is 35.5. The predicted octanol–water partition coefficient (Wildman–Crippen LogP) is 3.97. The van der Waals surface area contributed by atoms with E-state index in [1.54, 1.807) is 6.07 Å². The van der Waals surface area contributed by atoms with Gasteiger partial charge in [0.25, 0.3) is 0 Å². The number of aryl methyl sites for hydroxylation is 1. The third-order valence-electron chi connectivity index (χ3n) is 3.11. The van der Waals surface area contributed by atoms with Crippen molar-refractivity contribution in [2.24, 2.45) is 0 Å². The van der Waals surface area contributed by atoms with Gasteiger partial charge in [-0.3, -0.25) is 0 Å². The zero-order valence-corrected chi connectivity index (χ0v) is 12.1. The number of hydrogen-bond donors (Lipinski definition) is 1. The number of para-hydroxylation sites is 1. The van der Waals surface area contributed by atoms with Crippen molar-refractivity contribution in [3.8, 4) is 0 Å². The molecule has 0 fully saturated rings. The summed E-state index contributed by atoms with van der Waals surface area (Å²) in [5, 5.41) is 3.71. The van der Waals surface area contributed by atoms with Crippen molar-refractivity contribution < 1.29 is 9.53 Å². The molecule has 104 valence electrons. The lowest BCUT2D eigenvalue weighted by Gasteiger charge is -2.20. The minimum Gasteiger partial charge on any atom is -0.467 e. The summed E-state index contributed by atoms with van der Waals surface area (Å²) in [4.78, 5) is 12.1. The number of rotatable bonds is 4. The van der Waals surface area contributed by atoms with E-state index in [1.807, 2.05) is 49.4 Å². The van der Waals surface area contributed by atoms with Gasteiger partial charge in [0.05, 0.1) is 17.8 Å². The number of methoxy groups -OCH3 is 1. The fourth-order valence-corrected chi connectivity index (χ4v) is 2.22. The molecule has 1 N–H and O–H groups in total. The van der Waals surface area contributed by atoms with Gasteiger partial charge in [-0.25, -0.2) is 4.79 Å². The van der Waals surface area contributed by atoms with Crippen molar-refractivity contribution >= 4 is 23.3 Å². The van der Waals surface area contributed by atoms with Gasteiger partial charge in [0, 0.05) is 0 Å². The average molecular weight is 290 g/mol. The monoisotopic (exact) mass is 289 g/mol. The Balaban J connectivity index is 2.37. The highest BCUT2D eigenvalue weighted by Crippen LogP contribution is 2.28. The number of anilines is 1. The van der Waals surface area contributed by atoms with Gasteiger partial charge in [0.1, 0.15) is 0 Å². The number of benzene rings is 2. The molecule has 0 heterocycles. The molecule has 0 aromatic heterocycles. The Morgan fingerprint density at radius 1 is 1.15 bits per heavy atom. The average Bonchev–Trinajstić information content (AvgIpc) is 2.47. The quantitative estimate of drug-likeness (QED) is 0.866. The van der Waals surface area contributed by atoms with E-state index < -0.39 is 6.04 Å². The van der Waals surface area contributed by atoms with Crippen LogP contribution in [0.1, 0.15) is 17.2 Å². The van der Waals surface area contributed by atoms with E-state index in [2.05, 4.69) is 5.32 Å². The van der Waals surface area contributed by atoms with E-state index in [9.17, 15) is 4.79 Å². The third kappa shape index (κ3) is 3.11. The second-order valence-electron chi connectivity index (χ2n) is 4.44. The summed E-state index contributed by atoms with van der Waals surface area (Å²) < 4.78 is 4.89. The third-order valence-corrected chi connectivity index (χ3v) is 3.44. The fraction of sp³-hybridized carbons (Fsp3) is 0.188. The van der Waals surface area contributed by atoms with Crippen molar-refractivity contribution in [1.82, 2.24) is 0 Å². The normalized spacial score (nSPS) is 11.8. The first-order valence-electron chi connectivity index (χ1n) is 6.28. The maximum absolute atomic E-state index is 12.1. The minimum atomic E-state index is -0.582. The number of carbonyl (C=O) groups excluding carboxylic acids is 1. The van der Waals surface area contributed by atoms with Crippen LogP contribution in [0.25, 0.3) is 0 Å². The van der Waals surface area contributed by atoms with E-state index in [-0.39, 0.29) is 5.97 Å². The lowest BCUT2D eigenvalue weighted by molar-refractivity contribution is -0.141. The molecule has 0 saturated carbocycles. The zero-order valence-electron chi connectivity index (χ0n) is 11.4. The molecule has 0 amide bonds. The molecule has 0 spiro atoms. The fourth-order valence-electron chi connectivity index (χ4n) is 2.03. The van der Waals surface area contributed by atoms with Gasteiger partial charge in [-0.15, -0.1) is 0 Å². The van der Waals surface area contributed by atoms with Gasteiger partial charge < -0.3 is 10.1 Å². The largest absolute Gasteiger partial charge is 0.467 e. The molecule has 0 aliphatic carbocycles. The van der Waals surface area contributed by atoms with E-state index in [0.717, 1.165) is 11.1 Å².